The minimum Gasteiger partial charge on any atom is -0.283 e. The van der Waals surface area contributed by atoms with Crippen LogP contribution < -0.4 is 4.72 Å². The molecule has 0 atom stereocenters. The fourth-order valence-electron chi connectivity index (χ4n) is 2.83. The second kappa shape index (κ2) is 7.64. The first kappa shape index (κ1) is 17.5. The maximum absolute atomic E-state index is 11.7. The molecule has 0 aliphatic rings. The van der Waals surface area contributed by atoms with Crippen molar-refractivity contribution in [2.75, 3.05) is 11.0 Å². The number of rotatable bonds is 7. The maximum atomic E-state index is 11.7. The molecule has 0 saturated carbocycles. The van der Waals surface area contributed by atoms with Gasteiger partial charge >= 0.3 is 0 Å². The molecule has 2 rings (SSSR count). The van der Waals surface area contributed by atoms with Gasteiger partial charge in [0, 0.05) is 5.39 Å². The molecule has 0 heterocycles. The summed E-state index contributed by atoms with van der Waals surface area (Å²) in [7, 11) is -3.31. The van der Waals surface area contributed by atoms with Crippen molar-refractivity contribution in [2.24, 2.45) is 0 Å². The van der Waals surface area contributed by atoms with Crippen molar-refractivity contribution in [3.05, 3.63) is 48.0 Å². The van der Waals surface area contributed by atoms with Crippen LogP contribution in [0.1, 0.15) is 45.1 Å². The third-order valence-corrected chi connectivity index (χ3v) is 4.34. The predicted molar refractivity (Wildman–Crippen MR) is 100 cm³/mol. The number of hydrogen-bond acceptors (Lipinski definition) is 2. The van der Waals surface area contributed by atoms with E-state index in [1.807, 2.05) is 30.3 Å². The highest BCUT2D eigenvalue weighted by atomic mass is 32.2. The molecule has 1 N–H and O–H groups in total. The Morgan fingerprint density at radius 2 is 1.78 bits per heavy atom. The van der Waals surface area contributed by atoms with Crippen molar-refractivity contribution in [1.82, 2.24) is 0 Å². The van der Waals surface area contributed by atoms with E-state index in [0.29, 0.717) is 5.69 Å². The molecule has 0 radical (unpaired) electrons. The molecule has 0 aromatic heterocycles. The van der Waals surface area contributed by atoms with E-state index >= 15 is 0 Å². The number of anilines is 1. The van der Waals surface area contributed by atoms with Gasteiger partial charge in [-0.1, -0.05) is 63.1 Å². The summed E-state index contributed by atoms with van der Waals surface area (Å²) in [5.74, 6) is 0. The van der Waals surface area contributed by atoms with Crippen molar-refractivity contribution in [1.29, 1.82) is 0 Å². The first-order chi connectivity index (χ1) is 11.0. The van der Waals surface area contributed by atoms with Crippen molar-refractivity contribution < 1.29 is 8.42 Å². The van der Waals surface area contributed by atoms with E-state index in [-0.39, 0.29) is 0 Å². The molecular formula is C19H25NO2S. The molecule has 0 saturated heterocycles. The van der Waals surface area contributed by atoms with E-state index < -0.39 is 10.0 Å². The number of benzene rings is 2. The first-order valence-corrected chi connectivity index (χ1v) is 10.0. The zero-order valence-electron chi connectivity index (χ0n) is 14.1. The van der Waals surface area contributed by atoms with Crippen LogP contribution in [-0.2, 0) is 10.0 Å². The molecule has 0 unspecified atom stereocenters. The SMILES string of the molecule is CCC/C=C(\CCC)c1cccc2cccc(NS(C)(=O)=O)c12. The number of hydrogen-bond donors (Lipinski definition) is 1. The Morgan fingerprint density at radius 1 is 1.09 bits per heavy atom. The summed E-state index contributed by atoms with van der Waals surface area (Å²) >= 11 is 0. The monoisotopic (exact) mass is 331 g/mol. The Balaban J connectivity index is 2.67. The standard InChI is InChI=1S/C19H25NO2S/c1-4-6-10-15(9-5-2)17-13-7-11-16-12-8-14-18(19(16)17)20-23(3,21)22/h7-8,10-14,20H,4-6,9H2,1-3H3/b15-10+. The van der Waals surface area contributed by atoms with E-state index in [1.54, 1.807) is 0 Å². The molecule has 0 fully saturated rings. The number of sulfonamides is 1. The van der Waals surface area contributed by atoms with Gasteiger partial charge in [0.1, 0.15) is 0 Å². The van der Waals surface area contributed by atoms with Crippen LogP contribution in [0.2, 0.25) is 0 Å². The van der Waals surface area contributed by atoms with Gasteiger partial charge in [0.15, 0.2) is 0 Å². The molecule has 0 bridgehead atoms. The third-order valence-electron chi connectivity index (χ3n) is 3.74. The smallest absolute Gasteiger partial charge is 0.229 e. The zero-order chi connectivity index (χ0) is 16.9. The third kappa shape index (κ3) is 4.58. The summed E-state index contributed by atoms with van der Waals surface area (Å²) in [6, 6.07) is 11.9. The number of allylic oxidation sites excluding steroid dienone is 2. The van der Waals surface area contributed by atoms with Gasteiger partial charge < -0.3 is 0 Å². The van der Waals surface area contributed by atoms with Crippen LogP contribution in [0.4, 0.5) is 5.69 Å². The second-order valence-electron chi connectivity index (χ2n) is 5.85. The van der Waals surface area contributed by atoms with Gasteiger partial charge in [0.25, 0.3) is 0 Å². The van der Waals surface area contributed by atoms with Gasteiger partial charge in [0.05, 0.1) is 11.9 Å². The minimum atomic E-state index is -3.31. The summed E-state index contributed by atoms with van der Waals surface area (Å²) in [6.07, 6.45) is 7.67. The fraction of sp³-hybridized carbons (Fsp3) is 0.368. The highest BCUT2D eigenvalue weighted by Gasteiger charge is 2.12. The molecule has 23 heavy (non-hydrogen) atoms. The van der Waals surface area contributed by atoms with E-state index in [0.717, 1.165) is 42.0 Å². The molecule has 0 aliphatic heterocycles. The van der Waals surface area contributed by atoms with Crippen LogP contribution in [0.5, 0.6) is 0 Å². The molecule has 2 aromatic carbocycles. The van der Waals surface area contributed by atoms with Gasteiger partial charge in [-0.3, -0.25) is 4.72 Å². The van der Waals surface area contributed by atoms with E-state index in [2.05, 4.69) is 30.7 Å². The summed E-state index contributed by atoms with van der Waals surface area (Å²) in [5, 5.41) is 2.03. The maximum Gasteiger partial charge on any atom is 0.229 e. The van der Waals surface area contributed by atoms with Crippen LogP contribution >= 0.6 is 0 Å². The normalized spacial score (nSPS) is 12.6. The van der Waals surface area contributed by atoms with Crippen LogP contribution in [0.3, 0.4) is 0 Å². The highest BCUT2D eigenvalue weighted by molar-refractivity contribution is 7.92. The number of unbranched alkanes of at least 4 members (excludes halogenated alkanes) is 1. The molecule has 4 heteroatoms. The average molecular weight is 331 g/mol. The topological polar surface area (TPSA) is 46.2 Å². The average Bonchev–Trinajstić information content (AvgIpc) is 2.50. The lowest BCUT2D eigenvalue weighted by atomic mass is 9.93. The molecule has 0 amide bonds. The van der Waals surface area contributed by atoms with E-state index in [4.69, 9.17) is 0 Å². The largest absolute Gasteiger partial charge is 0.283 e. The van der Waals surface area contributed by atoms with Crippen LogP contribution in [0.15, 0.2) is 42.5 Å². The Bertz CT molecular complexity index is 802. The van der Waals surface area contributed by atoms with Crippen molar-refractivity contribution in [3.63, 3.8) is 0 Å². The zero-order valence-corrected chi connectivity index (χ0v) is 14.9. The summed E-state index contributed by atoms with van der Waals surface area (Å²) in [5.41, 5.74) is 3.08. The van der Waals surface area contributed by atoms with Gasteiger partial charge in [-0.25, -0.2) is 8.42 Å². The van der Waals surface area contributed by atoms with Crippen LogP contribution in [0, 0.1) is 0 Å². The van der Waals surface area contributed by atoms with Gasteiger partial charge in [-0.15, -0.1) is 0 Å². The van der Waals surface area contributed by atoms with Crippen molar-refractivity contribution >= 4 is 32.1 Å². The Hall–Kier alpha value is -1.81. The van der Waals surface area contributed by atoms with Crippen LogP contribution in [0.25, 0.3) is 16.3 Å². The summed E-state index contributed by atoms with van der Waals surface area (Å²) < 4.78 is 26.1. The quantitative estimate of drug-likeness (QED) is 0.758. The highest BCUT2D eigenvalue weighted by Crippen LogP contribution is 2.34. The lowest BCUT2D eigenvalue weighted by Gasteiger charge is -2.15. The van der Waals surface area contributed by atoms with Crippen molar-refractivity contribution in [2.45, 2.75) is 39.5 Å². The lowest BCUT2D eigenvalue weighted by Crippen LogP contribution is -2.10. The van der Waals surface area contributed by atoms with E-state index in [1.165, 1.54) is 11.8 Å². The molecule has 3 nitrogen and oxygen atoms in total. The van der Waals surface area contributed by atoms with Gasteiger partial charge in [-0.05, 0) is 35.4 Å². The summed E-state index contributed by atoms with van der Waals surface area (Å²) in [4.78, 5) is 0. The van der Waals surface area contributed by atoms with Gasteiger partial charge in [-0.2, -0.15) is 0 Å². The molecule has 0 spiro atoms. The predicted octanol–water partition coefficient (Wildman–Crippen LogP) is 5.19. The molecule has 2 aromatic rings. The Morgan fingerprint density at radius 3 is 2.39 bits per heavy atom. The van der Waals surface area contributed by atoms with Crippen LogP contribution in [-0.4, -0.2) is 14.7 Å². The number of fused-ring (bicyclic) bond motifs is 1. The minimum absolute atomic E-state index is 0.652. The van der Waals surface area contributed by atoms with E-state index in [9.17, 15) is 8.42 Å². The number of nitrogens with one attached hydrogen (secondary N) is 1. The fourth-order valence-corrected chi connectivity index (χ4v) is 3.40. The van der Waals surface area contributed by atoms with Gasteiger partial charge in [0.2, 0.25) is 10.0 Å². The summed E-state index contributed by atoms with van der Waals surface area (Å²) in [6.45, 7) is 4.33. The lowest BCUT2D eigenvalue weighted by molar-refractivity contribution is 0.607. The Labute approximate surface area is 139 Å². The molecule has 0 aliphatic carbocycles. The second-order valence-corrected chi connectivity index (χ2v) is 7.60. The molecule has 124 valence electrons. The van der Waals surface area contributed by atoms with Crippen molar-refractivity contribution in [3.8, 4) is 0 Å². The Kier molecular flexibility index (Phi) is 5.83. The first-order valence-electron chi connectivity index (χ1n) is 8.15. The molecular weight excluding hydrogens is 306 g/mol.